The van der Waals surface area contributed by atoms with Gasteiger partial charge in [-0.2, -0.15) is 4.41 Å². The van der Waals surface area contributed by atoms with Crippen LogP contribution >= 0.6 is 23.9 Å². The quantitative estimate of drug-likeness (QED) is 0.189. The van der Waals surface area contributed by atoms with Crippen molar-refractivity contribution in [2.45, 2.75) is 42.6 Å². The van der Waals surface area contributed by atoms with Gasteiger partial charge in [-0.25, -0.2) is 19.3 Å². The van der Waals surface area contributed by atoms with E-state index in [0.29, 0.717) is 5.92 Å². The molecular weight excluding hydrogens is 621 g/mol. The molecule has 3 atom stereocenters. The first kappa shape index (κ1) is 28.2. The largest absolute Gasteiger partial charge is 0.322 e. The second-order valence-electron chi connectivity index (χ2n) is 13.2. The summed E-state index contributed by atoms with van der Waals surface area (Å²) < 4.78 is 5.00. The molecule has 3 aromatic heterocycles. The molecule has 5 aliphatic heterocycles. The lowest BCUT2D eigenvalue weighted by atomic mass is 9.72. The van der Waals surface area contributed by atoms with Crippen LogP contribution in [0.25, 0.3) is 32.7 Å². The molecule has 2 bridgehead atoms. The van der Waals surface area contributed by atoms with E-state index in [-0.39, 0.29) is 11.4 Å². The summed E-state index contributed by atoms with van der Waals surface area (Å²) in [5.41, 5.74) is 3.56. The van der Waals surface area contributed by atoms with Crippen LogP contribution in [0.5, 0.6) is 0 Å². The summed E-state index contributed by atoms with van der Waals surface area (Å²) in [7, 11) is 0. The fourth-order valence-corrected chi connectivity index (χ4v) is 11.3. The molecular formula is C37H36N8S2. The number of nitrogens with one attached hydrogen (secondary N) is 1. The third-order valence-electron chi connectivity index (χ3n) is 10.7. The van der Waals surface area contributed by atoms with Crippen LogP contribution in [0.1, 0.15) is 31.4 Å². The molecule has 0 saturated carbocycles. The molecule has 0 radical (unpaired) electrons. The van der Waals surface area contributed by atoms with Crippen LogP contribution in [0.15, 0.2) is 97.2 Å². The van der Waals surface area contributed by atoms with E-state index >= 15 is 0 Å². The molecule has 6 aromatic rings. The highest BCUT2D eigenvalue weighted by Gasteiger charge is 2.66. The Labute approximate surface area is 282 Å². The van der Waals surface area contributed by atoms with Crippen LogP contribution in [0.4, 0.5) is 11.8 Å². The highest BCUT2D eigenvalue weighted by atomic mass is 32.2. The number of benzene rings is 3. The number of fused-ring (bicyclic) bond motifs is 6. The fraction of sp³-hybridized carbons (Fsp3) is 0.324. The molecule has 0 aliphatic carbocycles. The number of hydrazine groups is 1. The number of rotatable bonds is 5. The molecule has 10 heteroatoms. The average molecular weight is 657 g/mol. The Morgan fingerprint density at radius 1 is 0.787 bits per heavy atom. The molecule has 1 N–H and O–H groups in total. The number of anilines is 2. The van der Waals surface area contributed by atoms with Crippen LogP contribution < -0.4 is 9.42 Å². The summed E-state index contributed by atoms with van der Waals surface area (Å²) in [5.74, 6) is 3.60. The number of H-pyrrole nitrogens is 1. The van der Waals surface area contributed by atoms with Gasteiger partial charge in [0.2, 0.25) is 5.95 Å². The molecule has 5 aliphatic rings. The Morgan fingerprint density at radius 2 is 1.60 bits per heavy atom. The molecule has 3 aromatic carbocycles. The second kappa shape index (κ2) is 11.1. The van der Waals surface area contributed by atoms with Gasteiger partial charge in [0.25, 0.3) is 0 Å². The first-order valence-corrected chi connectivity index (χ1v) is 18.6. The van der Waals surface area contributed by atoms with E-state index in [4.69, 9.17) is 15.0 Å². The van der Waals surface area contributed by atoms with Gasteiger partial charge in [-0.1, -0.05) is 72.6 Å². The minimum Gasteiger partial charge on any atom is -0.322 e. The molecule has 0 spiro atoms. The van der Waals surface area contributed by atoms with Crippen molar-refractivity contribution < 1.29 is 0 Å². The summed E-state index contributed by atoms with van der Waals surface area (Å²) in [5, 5.41) is 6.06. The third-order valence-corrected chi connectivity index (χ3v) is 13.4. The van der Waals surface area contributed by atoms with Gasteiger partial charge in [0.05, 0.1) is 22.2 Å². The molecule has 8 nitrogen and oxygen atoms in total. The van der Waals surface area contributed by atoms with Crippen molar-refractivity contribution in [3.63, 3.8) is 0 Å². The smallest absolute Gasteiger partial charge is 0.234 e. The van der Waals surface area contributed by atoms with Crippen LogP contribution in [0, 0.1) is 5.92 Å². The van der Waals surface area contributed by atoms with Crippen molar-refractivity contribution in [3.8, 4) is 0 Å². The topological polar surface area (TPSA) is 67.4 Å². The number of hydrogen-bond donors (Lipinski definition) is 1. The summed E-state index contributed by atoms with van der Waals surface area (Å²) in [6, 6.07) is 32.6. The second-order valence-corrected chi connectivity index (χ2v) is 15.4. The number of aromatic nitrogens is 4. The van der Waals surface area contributed by atoms with Gasteiger partial charge >= 0.3 is 0 Å². The maximum absolute atomic E-state index is 5.63. The normalized spacial score (nSPS) is 27.9. The monoisotopic (exact) mass is 656 g/mol. The molecule has 47 heavy (non-hydrogen) atoms. The average Bonchev–Trinajstić information content (AvgIpc) is 3.90. The van der Waals surface area contributed by atoms with Gasteiger partial charge < -0.3 is 4.98 Å². The van der Waals surface area contributed by atoms with Crippen LogP contribution in [-0.4, -0.2) is 65.9 Å². The van der Waals surface area contributed by atoms with Gasteiger partial charge in [-0.3, -0.25) is 9.88 Å². The predicted molar refractivity (Wildman–Crippen MR) is 194 cm³/mol. The van der Waals surface area contributed by atoms with E-state index in [1.807, 2.05) is 30.1 Å². The predicted octanol–water partition coefficient (Wildman–Crippen LogP) is 7.61. The van der Waals surface area contributed by atoms with Crippen molar-refractivity contribution in [3.05, 3.63) is 103 Å². The maximum atomic E-state index is 5.63. The zero-order valence-corrected chi connectivity index (χ0v) is 27.7. The molecule has 5 fully saturated rings. The SMILES string of the molecule is c1ccc2nc(C3(C4CC5CCN4CC5)C(N4CCCS4)SN(c4nc5ccccc5[nH]4)N3c3nccc4ccccc34)ccc2c1. The lowest BCUT2D eigenvalue weighted by molar-refractivity contribution is -0.00568. The zero-order chi connectivity index (χ0) is 31.0. The van der Waals surface area contributed by atoms with Crippen molar-refractivity contribution in [2.75, 3.05) is 34.8 Å². The molecule has 236 valence electrons. The van der Waals surface area contributed by atoms with E-state index < -0.39 is 5.54 Å². The summed E-state index contributed by atoms with van der Waals surface area (Å²) in [6.45, 7) is 3.28. The summed E-state index contributed by atoms with van der Waals surface area (Å²) >= 11 is 3.87. The number of aromatic amines is 1. The van der Waals surface area contributed by atoms with Gasteiger partial charge in [0.15, 0.2) is 5.82 Å². The van der Waals surface area contributed by atoms with E-state index in [1.165, 1.54) is 30.0 Å². The number of imidazole rings is 1. The number of piperidine rings is 3. The molecule has 11 rings (SSSR count). The van der Waals surface area contributed by atoms with E-state index in [2.05, 4.69) is 115 Å². The highest BCUT2D eigenvalue weighted by Crippen LogP contribution is 2.59. The maximum Gasteiger partial charge on any atom is 0.234 e. The minimum absolute atomic E-state index is 0.0574. The lowest BCUT2D eigenvalue weighted by Crippen LogP contribution is -2.69. The summed E-state index contributed by atoms with van der Waals surface area (Å²) in [6.07, 6.45) is 6.83. The Hall–Kier alpha value is -3.83. The number of para-hydroxylation sites is 3. The Balaban J connectivity index is 1.31. The van der Waals surface area contributed by atoms with E-state index in [1.54, 1.807) is 0 Å². The van der Waals surface area contributed by atoms with E-state index in [9.17, 15) is 0 Å². The zero-order valence-electron chi connectivity index (χ0n) is 26.1. The van der Waals surface area contributed by atoms with E-state index in [0.717, 1.165) is 71.2 Å². The van der Waals surface area contributed by atoms with Crippen LogP contribution in [0.3, 0.4) is 0 Å². The van der Waals surface area contributed by atoms with Crippen LogP contribution in [0.2, 0.25) is 0 Å². The van der Waals surface area contributed by atoms with Crippen molar-refractivity contribution in [1.29, 1.82) is 0 Å². The minimum atomic E-state index is -0.568. The van der Waals surface area contributed by atoms with Crippen molar-refractivity contribution in [2.24, 2.45) is 5.92 Å². The number of nitrogens with zero attached hydrogens (tertiary/aromatic N) is 7. The molecule has 8 heterocycles. The number of pyridine rings is 2. The van der Waals surface area contributed by atoms with Gasteiger partial charge in [0.1, 0.15) is 10.9 Å². The van der Waals surface area contributed by atoms with Crippen molar-refractivity contribution in [1.82, 2.24) is 29.1 Å². The van der Waals surface area contributed by atoms with Gasteiger partial charge in [-0.15, -0.1) is 0 Å². The molecule has 3 unspecified atom stereocenters. The Morgan fingerprint density at radius 3 is 2.40 bits per heavy atom. The third kappa shape index (κ3) is 4.34. The Bertz CT molecular complexity index is 2070. The van der Waals surface area contributed by atoms with Gasteiger partial charge in [0, 0.05) is 47.3 Å². The first-order valence-electron chi connectivity index (χ1n) is 16.8. The van der Waals surface area contributed by atoms with Crippen LogP contribution in [-0.2, 0) is 5.54 Å². The standard InChI is InChI=1S/C37H36N8S2/c1-3-10-28-26(8-1)16-19-38-34(28)44-37(33-24-25-17-21-42(33)22-18-25,32-15-14-27-9-2-4-11-29(27)39-32)35(43-20-7-23-46-43)47-45(44)36-40-30-12-5-6-13-31(30)41-36/h1-6,8-16,19,25,33,35H,7,17-18,20-24H2,(H,40,41). The highest BCUT2D eigenvalue weighted by molar-refractivity contribution is 8.03. The first-order chi connectivity index (χ1) is 23.3. The summed E-state index contributed by atoms with van der Waals surface area (Å²) in [4.78, 5) is 22.6. The van der Waals surface area contributed by atoms with Gasteiger partial charge in [-0.05, 0) is 80.4 Å². The molecule has 0 amide bonds. The van der Waals surface area contributed by atoms with Crippen molar-refractivity contribution >= 4 is 68.4 Å². The number of hydrogen-bond acceptors (Lipinski definition) is 9. The molecule has 5 saturated heterocycles. The lowest BCUT2D eigenvalue weighted by Gasteiger charge is -2.56. The Kier molecular flexibility index (Phi) is 6.67. The fourth-order valence-electron chi connectivity index (χ4n) is 8.53.